The van der Waals surface area contributed by atoms with Crippen molar-refractivity contribution in [3.63, 3.8) is 0 Å². The molecule has 0 saturated carbocycles. The quantitative estimate of drug-likeness (QED) is 0.246. The van der Waals surface area contributed by atoms with E-state index in [0.29, 0.717) is 5.56 Å². The van der Waals surface area contributed by atoms with Crippen molar-refractivity contribution >= 4 is 17.4 Å². The lowest BCUT2D eigenvalue weighted by atomic mass is 10.1. The molecule has 38 heavy (non-hydrogen) atoms. The average Bonchev–Trinajstić information content (AvgIpc) is 3.61. The molecule has 0 aliphatic rings. The summed E-state index contributed by atoms with van der Waals surface area (Å²) < 4.78 is 35.2. The van der Waals surface area contributed by atoms with Crippen molar-refractivity contribution in [2.75, 3.05) is 5.73 Å². The second-order valence-electron chi connectivity index (χ2n) is 8.25. The largest absolute Gasteiger partial charge is 0.378 e. The number of rotatable bonds is 7. The highest BCUT2D eigenvalue weighted by Gasteiger charge is 2.25. The molecule has 0 atom stereocenters. The van der Waals surface area contributed by atoms with E-state index in [0.717, 1.165) is 23.5 Å². The zero-order valence-corrected chi connectivity index (χ0v) is 20.1. The minimum absolute atomic E-state index is 0.0471. The molecule has 0 fully saturated rings. The van der Waals surface area contributed by atoms with E-state index in [9.17, 15) is 13.6 Å². The molecule has 3 N–H and O–H groups in total. The summed E-state index contributed by atoms with van der Waals surface area (Å²) in [6.45, 7) is 3.74. The van der Waals surface area contributed by atoms with Gasteiger partial charge in [0.15, 0.2) is 17.3 Å². The lowest BCUT2D eigenvalue weighted by molar-refractivity contribution is 0.0950. The summed E-state index contributed by atoms with van der Waals surface area (Å²) in [5.41, 5.74) is 11.1. The van der Waals surface area contributed by atoms with Crippen LogP contribution in [0.5, 0.6) is 0 Å². The van der Waals surface area contributed by atoms with Gasteiger partial charge in [-0.1, -0.05) is 35.5 Å². The minimum Gasteiger partial charge on any atom is -0.378 e. The Balaban J connectivity index is 1.54. The van der Waals surface area contributed by atoms with Gasteiger partial charge in [0.1, 0.15) is 5.69 Å². The Morgan fingerprint density at radius 1 is 1.08 bits per heavy atom. The molecular formula is C24H20F2N10O2. The fraction of sp³-hybridized carbons (Fsp3) is 0.125. The highest BCUT2D eigenvalue weighted by atomic mass is 19.2. The van der Waals surface area contributed by atoms with Gasteiger partial charge in [-0.05, 0) is 48.4 Å². The first kappa shape index (κ1) is 24.4. The van der Waals surface area contributed by atoms with Crippen molar-refractivity contribution in [3.8, 4) is 17.1 Å². The zero-order chi connectivity index (χ0) is 26.8. The number of halogens is 2. The summed E-state index contributed by atoms with van der Waals surface area (Å²) in [7, 11) is 0. The van der Waals surface area contributed by atoms with Crippen LogP contribution >= 0.6 is 0 Å². The third-order valence-corrected chi connectivity index (χ3v) is 5.58. The van der Waals surface area contributed by atoms with E-state index >= 15 is 0 Å². The van der Waals surface area contributed by atoms with Crippen molar-refractivity contribution in [1.29, 1.82) is 0 Å². The molecule has 3 aromatic heterocycles. The zero-order valence-electron chi connectivity index (χ0n) is 20.1. The topological polar surface area (TPSA) is 155 Å². The van der Waals surface area contributed by atoms with Gasteiger partial charge < -0.3 is 5.73 Å². The summed E-state index contributed by atoms with van der Waals surface area (Å²) in [5, 5.41) is 23.9. The van der Waals surface area contributed by atoms with Crippen molar-refractivity contribution in [3.05, 3.63) is 88.9 Å². The molecule has 14 heteroatoms. The Labute approximate surface area is 213 Å². The van der Waals surface area contributed by atoms with E-state index in [1.807, 2.05) is 19.9 Å². The Morgan fingerprint density at radius 3 is 2.53 bits per heavy atom. The third kappa shape index (κ3) is 4.74. The molecule has 5 aromatic rings. The second kappa shape index (κ2) is 10.0. The van der Waals surface area contributed by atoms with Crippen LogP contribution in [0.25, 0.3) is 17.1 Å². The van der Waals surface area contributed by atoms with E-state index < -0.39 is 17.5 Å². The van der Waals surface area contributed by atoms with Gasteiger partial charge in [0, 0.05) is 16.8 Å². The number of nitrogen functional groups attached to an aromatic ring is 1. The highest BCUT2D eigenvalue weighted by molar-refractivity contribution is 6.03. The fourth-order valence-electron chi connectivity index (χ4n) is 3.79. The molecule has 0 saturated heterocycles. The molecule has 0 spiro atoms. The molecule has 1 amide bonds. The van der Waals surface area contributed by atoms with Crippen molar-refractivity contribution in [2.45, 2.75) is 20.4 Å². The molecule has 0 aliphatic carbocycles. The first-order valence-electron chi connectivity index (χ1n) is 11.2. The van der Waals surface area contributed by atoms with Crippen LogP contribution in [0.1, 0.15) is 27.4 Å². The monoisotopic (exact) mass is 518 g/mol. The number of hydrazone groups is 1. The summed E-state index contributed by atoms with van der Waals surface area (Å²) in [5.74, 6) is -2.79. The van der Waals surface area contributed by atoms with Crippen LogP contribution in [0.3, 0.4) is 0 Å². The third-order valence-electron chi connectivity index (χ3n) is 5.58. The van der Waals surface area contributed by atoms with Gasteiger partial charge in [0.2, 0.25) is 11.6 Å². The van der Waals surface area contributed by atoms with Crippen LogP contribution in [0.15, 0.2) is 64.3 Å². The van der Waals surface area contributed by atoms with E-state index in [1.165, 1.54) is 10.7 Å². The molecule has 192 valence electrons. The number of amides is 1. The molecule has 2 aromatic carbocycles. The summed E-state index contributed by atoms with van der Waals surface area (Å²) in [4.78, 5) is 13.3. The van der Waals surface area contributed by atoms with Crippen LogP contribution in [-0.4, -0.2) is 46.7 Å². The van der Waals surface area contributed by atoms with Crippen molar-refractivity contribution < 1.29 is 18.2 Å². The highest BCUT2D eigenvalue weighted by Crippen LogP contribution is 2.26. The van der Waals surface area contributed by atoms with Crippen LogP contribution in [0.2, 0.25) is 0 Å². The maximum atomic E-state index is 14.0. The van der Waals surface area contributed by atoms with Crippen LogP contribution in [0, 0.1) is 25.5 Å². The number of anilines is 1. The van der Waals surface area contributed by atoms with Crippen LogP contribution < -0.4 is 11.2 Å². The van der Waals surface area contributed by atoms with Gasteiger partial charge in [-0.2, -0.15) is 14.9 Å². The van der Waals surface area contributed by atoms with E-state index in [1.54, 1.807) is 35.0 Å². The predicted octanol–water partition coefficient (Wildman–Crippen LogP) is 2.83. The van der Waals surface area contributed by atoms with E-state index in [2.05, 4.69) is 40.9 Å². The molecule has 0 bridgehead atoms. The SMILES string of the molecule is Cc1cc(C)n(CC(=NNC(=O)c2nnn(-c3nonc3N)c2-c2ccccc2)c2ccc(F)c(F)c2)n1. The van der Waals surface area contributed by atoms with Gasteiger partial charge in [-0.3, -0.25) is 9.48 Å². The number of carbonyl (C=O) groups is 1. The summed E-state index contributed by atoms with van der Waals surface area (Å²) in [6.07, 6.45) is 0. The van der Waals surface area contributed by atoms with Gasteiger partial charge in [-0.15, -0.1) is 5.10 Å². The second-order valence-corrected chi connectivity index (χ2v) is 8.25. The number of carbonyl (C=O) groups excluding carboxylic acids is 1. The molecule has 0 radical (unpaired) electrons. The van der Waals surface area contributed by atoms with E-state index in [-0.39, 0.29) is 40.8 Å². The Hall–Kier alpha value is -5.27. The van der Waals surface area contributed by atoms with Gasteiger partial charge >= 0.3 is 0 Å². The van der Waals surface area contributed by atoms with Crippen LogP contribution in [0.4, 0.5) is 14.6 Å². The molecule has 3 heterocycles. The summed E-state index contributed by atoms with van der Waals surface area (Å²) in [6, 6.07) is 14.0. The average molecular weight is 518 g/mol. The molecular weight excluding hydrogens is 498 g/mol. The van der Waals surface area contributed by atoms with Gasteiger partial charge in [0.25, 0.3) is 5.91 Å². The fourth-order valence-corrected chi connectivity index (χ4v) is 3.79. The van der Waals surface area contributed by atoms with Gasteiger partial charge in [0.05, 0.1) is 18.0 Å². The number of hydrogen-bond donors (Lipinski definition) is 2. The number of aryl methyl sites for hydroxylation is 2. The number of aromatic nitrogens is 7. The first-order valence-corrected chi connectivity index (χ1v) is 11.2. The molecule has 5 rings (SSSR count). The van der Waals surface area contributed by atoms with E-state index in [4.69, 9.17) is 5.73 Å². The number of nitrogens with zero attached hydrogens (tertiary/aromatic N) is 8. The predicted molar refractivity (Wildman–Crippen MR) is 131 cm³/mol. The number of nitrogens with one attached hydrogen (secondary N) is 1. The standard InChI is InChI=1S/C24H20F2N10O2/c1-13-10-14(2)35(31-13)12-19(16-8-9-17(25)18(26)11-16)28-30-24(37)20-21(15-6-4-3-5-7-15)36(34-29-20)23-22(27)32-38-33-23/h3-11H,12H2,1-2H3,(H2,27,32)(H,30,37). The Bertz CT molecular complexity index is 1660. The Kier molecular flexibility index (Phi) is 6.43. The van der Waals surface area contributed by atoms with Gasteiger partial charge in [-0.25, -0.2) is 18.8 Å². The normalized spacial score (nSPS) is 11.6. The smallest absolute Gasteiger partial charge is 0.294 e. The number of hydrogen-bond acceptors (Lipinski definition) is 9. The lowest BCUT2D eigenvalue weighted by Gasteiger charge is -2.10. The Morgan fingerprint density at radius 2 is 1.87 bits per heavy atom. The summed E-state index contributed by atoms with van der Waals surface area (Å²) >= 11 is 0. The van der Waals surface area contributed by atoms with Crippen molar-refractivity contribution in [1.82, 2.24) is 40.5 Å². The molecule has 12 nitrogen and oxygen atoms in total. The molecule has 0 aliphatic heterocycles. The first-order chi connectivity index (χ1) is 18.3. The maximum Gasteiger partial charge on any atom is 0.294 e. The lowest BCUT2D eigenvalue weighted by Crippen LogP contribution is -2.24. The van der Waals surface area contributed by atoms with Crippen molar-refractivity contribution in [2.24, 2.45) is 5.10 Å². The number of benzene rings is 2. The molecule has 0 unspecified atom stereocenters. The minimum atomic E-state index is -1.05. The maximum absolute atomic E-state index is 14.0. The number of nitrogens with two attached hydrogens (primary N) is 1. The van der Waals surface area contributed by atoms with Crippen LogP contribution in [-0.2, 0) is 6.54 Å².